The molecule has 128 valence electrons. The van der Waals surface area contributed by atoms with Gasteiger partial charge in [0.25, 0.3) is 0 Å². The molecule has 0 amide bonds. The topological polar surface area (TPSA) is 55.8 Å². The Morgan fingerprint density at radius 1 is 1.12 bits per heavy atom. The van der Waals surface area contributed by atoms with E-state index >= 15 is 0 Å². The van der Waals surface area contributed by atoms with Crippen molar-refractivity contribution in [3.63, 3.8) is 0 Å². The number of para-hydroxylation sites is 2. The van der Waals surface area contributed by atoms with Crippen molar-refractivity contribution >= 4 is 21.6 Å². The van der Waals surface area contributed by atoms with Crippen molar-refractivity contribution < 1.29 is 17.9 Å². The summed E-state index contributed by atoms with van der Waals surface area (Å²) in [5, 5.41) is 0.498. The molecule has 0 N–H and O–H groups in total. The number of likely N-dealkylation sites (N-methyl/N-ethyl adjacent to an activating group) is 1. The van der Waals surface area contributed by atoms with Gasteiger partial charge in [0.1, 0.15) is 12.7 Å². The molecule has 5 nitrogen and oxygen atoms in total. The normalized spacial score (nSPS) is 17.0. The second-order valence-corrected chi connectivity index (χ2v) is 7.78. The maximum Gasteiger partial charge on any atom is 0.243 e. The predicted octanol–water partition coefficient (Wildman–Crippen LogP) is 3.19. The summed E-state index contributed by atoms with van der Waals surface area (Å²) < 4.78 is 38.5. The van der Waals surface area contributed by atoms with E-state index in [1.54, 1.807) is 19.1 Å². The fourth-order valence-electron chi connectivity index (χ4n) is 2.53. The Kier molecular flexibility index (Phi) is 4.99. The number of hydrogen-bond donors (Lipinski definition) is 0. The summed E-state index contributed by atoms with van der Waals surface area (Å²) >= 11 is 5.83. The molecule has 1 atom stereocenters. The van der Waals surface area contributed by atoms with Crippen molar-refractivity contribution in [2.24, 2.45) is 0 Å². The Balaban J connectivity index is 1.76. The first kappa shape index (κ1) is 17.1. The largest absolute Gasteiger partial charge is 0.486 e. The lowest BCUT2D eigenvalue weighted by Crippen LogP contribution is -2.43. The number of sulfonamides is 1. The van der Waals surface area contributed by atoms with Gasteiger partial charge in [-0.15, -0.1) is 0 Å². The van der Waals surface area contributed by atoms with E-state index in [0.29, 0.717) is 29.7 Å². The van der Waals surface area contributed by atoms with Gasteiger partial charge in [0.15, 0.2) is 11.5 Å². The van der Waals surface area contributed by atoms with Crippen LogP contribution in [0, 0.1) is 0 Å². The van der Waals surface area contributed by atoms with Crippen molar-refractivity contribution in [1.29, 1.82) is 0 Å². The molecule has 2 aromatic carbocycles. The van der Waals surface area contributed by atoms with Crippen LogP contribution in [0.4, 0.5) is 0 Å². The van der Waals surface area contributed by atoms with E-state index in [4.69, 9.17) is 21.1 Å². The fourth-order valence-corrected chi connectivity index (χ4v) is 4.14. The van der Waals surface area contributed by atoms with Crippen molar-refractivity contribution in [3.8, 4) is 11.5 Å². The first-order chi connectivity index (χ1) is 11.5. The summed E-state index contributed by atoms with van der Waals surface area (Å²) in [5.74, 6) is 1.31. The zero-order valence-corrected chi connectivity index (χ0v) is 14.8. The van der Waals surface area contributed by atoms with Crippen LogP contribution in [0.5, 0.6) is 11.5 Å². The number of benzene rings is 2. The number of nitrogens with zero attached hydrogens (tertiary/aromatic N) is 1. The van der Waals surface area contributed by atoms with Gasteiger partial charge < -0.3 is 9.47 Å². The van der Waals surface area contributed by atoms with E-state index in [2.05, 4.69) is 0 Å². The molecule has 1 aliphatic rings. The monoisotopic (exact) mass is 367 g/mol. The molecular weight excluding hydrogens is 350 g/mol. The lowest BCUT2D eigenvalue weighted by atomic mass is 10.2. The van der Waals surface area contributed by atoms with Crippen LogP contribution < -0.4 is 9.47 Å². The number of fused-ring (bicyclic) bond motifs is 1. The standard InChI is InChI=1S/C17H18ClNO4S/c1-2-19(24(20,21)15-9-7-13(18)8-10-15)11-14-12-22-16-5-3-4-6-17(16)23-14/h3-10,14H,2,11-12H2,1H3. The van der Waals surface area contributed by atoms with Crippen LogP contribution >= 0.6 is 11.6 Å². The molecule has 0 aromatic heterocycles. The van der Waals surface area contributed by atoms with Gasteiger partial charge >= 0.3 is 0 Å². The third kappa shape index (κ3) is 3.50. The summed E-state index contributed by atoms with van der Waals surface area (Å²) in [4.78, 5) is 0.214. The number of rotatable bonds is 5. The SMILES string of the molecule is CCN(CC1COc2ccccc2O1)S(=O)(=O)c1ccc(Cl)cc1. The average molecular weight is 368 g/mol. The van der Waals surface area contributed by atoms with E-state index in [1.807, 2.05) is 24.3 Å². The molecule has 7 heteroatoms. The van der Waals surface area contributed by atoms with Crippen molar-refractivity contribution in [2.75, 3.05) is 19.7 Å². The second kappa shape index (κ2) is 7.01. The van der Waals surface area contributed by atoms with E-state index < -0.39 is 10.0 Å². The second-order valence-electron chi connectivity index (χ2n) is 5.41. The molecule has 3 rings (SSSR count). The van der Waals surface area contributed by atoms with Gasteiger partial charge in [-0.1, -0.05) is 30.7 Å². The Labute approximate surface area is 146 Å². The molecule has 24 heavy (non-hydrogen) atoms. The molecule has 0 radical (unpaired) electrons. The molecule has 1 unspecified atom stereocenters. The minimum atomic E-state index is -3.61. The van der Waals surface area contributed by atoms with Crippen LogP contribution in [-0.4, -0.2) is 38.5 Å². The van der Waals surface area contributed by atoms with Crippen molar-refractivity contribution in [2.45, 2.75) is 17.9 Å². The van der Waals surface area contributed by atoms with Gasteiger partial charge in [0.2, 0.25) is 10.0 Å². The van der Waals surface area contributed by atoms with Crippen molar-refractivity contribution in [1.82, 2.24) is 4.31 Å². The molecule has 1 aliphatic heterocycles. The molecule has 0 saturated carbocycles. The van der Waals surface area contributed by atoms with Crippen LogP contribution in [0.3, 0.4) is 0 Å². The lowest BCUT2D eigenvalue weighted by molar-refractivity contribution is 0.0771. The number of hydrogen-bond acceptors (Lipinski definition) is 4. The van der Waals surface area contributed by atoms with Crippen molar-refractivity contribution in [3.05, 3.63) is 53.6 Å². The van der Waals surface area contributed by atoms with Crippen LogP contribution in [0.15, 0.2) is 53.4 Å². The molecular formula is C17H18ClNO4S. The highest BCUT2D eigenvalue weighted by Crippen LogP contribution is 2.31. The Morgan fingerprint density at radius 3 is 2.46 bits per heavy atom. The van der Waals surface area contributed by atoms with E-state index in [9.17, 15) is 8.42 Å². The molecule has 0 aliphatic carbocycles. The highest BCUT2D eigenvalue weighted by Gasteiger charge is 2.29. The first-order valence-electron chi connectivity index (χ1n) is 7.65. The highest BCUT2D eigenvalue weighted by molar-refractivity contribution is 7.89. The molecule has 2 aromatic rings. The van der Waals surface area contributed by atoms with Crippen LogP contribution in [-0.2, 0) is 10.0 Å². The first-order valence-corrected chi connectivity index (χ1v) is 9.46. The summed E-state index contributed by atoms with van der Waals surface area (Å²) in [6, 6.07) is 13.5. The third-order valence-electron chi connectivity index (χ3n) is 3.78. The molecule has 1 heterocycles. The minimum Gasteiger partial charge on any atom is -0.486 e. The van der Waals surface area contributed by atoms with Gasteiger partial charge in [0, 0.05) is 11.6 Å². The van der Waals surface area contributed by atoms with Gasteiger partial charge in [-0.25, -0.2) is 8.42 Å². The van der Waals surface area contributed by atoms with Gasteiger partial charge in [-0.3, -0.25) is 0 Å². The molecule has 0 bridgehead atoms. The summed E-state index contributed by atoms with van der Waals surface area (Å²) in [6.07, 6.45) is -0.359. The maximum atomic E-state index is 12.8. The third-order valence-corrected chi connectivity index (χ3v) is 5.99. The summed E-state index contributed by atoms with van der Waals surface area (Å²) in [6.45, 7) is 2.66. The number of halogens is 1. The summed E-state index contributed by atoms with van der Waals surface area (Å²) in [5.41, 5.74) is 0. The predicted molar refractivity (Wildman–Crippen MR) is 92.2 cm³/mol. The van der Waals surface area contributed by atoms with Crippen LogP contribution in [0.2, 0.25) is 5.02 Å². The van der Waals surface area contributed by atoms with Crippen LogP contribution in [0.1, 0.15) is 6.92 Å². The van der Waals surface area contributed by atoms with E-state index in [-0.39, 0.29) is 17.5 Å². The Bertz CT molecular complexity index is 808. The van der Waals surface area contributed by atoms with Gasteiger partial charge in [0.05, 0.1) is 11.4 Å². The zero-order valence-electron chi connectivity index (χ0n) is 13.2. The minimum absolute atomic E-state index is 0.214. The number of ether oxygens (including phenoxy) is 2. The van der Waals surface area contributed by atoms with Crippen LogP contribution in [0.25, 0.3) is 0 Å². The fraction of sp³-hybridized carbons (Fsp3) is 0.294. The quantitative estimate of drug-likeness (QED) is 0.814. The van der Waals surface area contributed by atoms with E-state index in [1.165, 1.54) is 16.4 Å². The highest BCUT2D eigenvalue weighted by atomic mass is 35.5. The van der Waals surface area contributed by atoms with E-state index in [0.717, 1.165) is 0 Å². The maximum absolute atomic E-state index is 12.8. The van der Waals surface area contributed by atoms with Gasteiger partial charge in [-0.2, -0.15) is 4.31 Å². The smallest absolute Gasteiger partial charge is 0.243 e. The Morgan fingerprint density at radius 2 is 1.79 bits per heavy atom. The lowest BCUT2D eigenvalue weighted by Gasteiger charge is -2.30. The zero-order chi connectivity index (χ0) is 17.2. The molecule has 0 saturated heterocycles. The average Bonchev–Trinajstić information content (AvgIpc) is 2.59. The van der Waals surface area contributed by atoms with Gasteiger partial charge in [-0.05, 0) is 36.4 Å². The summed E-state index contributed by atoms with van der Waals surface area (Å²) in [7, 11) is -3.61. The molecule has 0 spiro atoms. The Hall–Kier alpha value is -1.76. The molecule has 0 fully saturated rings.